The van der Waals surface area contributed by atoms with Crippen LogP contribution in [0.2, 0.25) is 0 Å². The monoisotopic (exact) mass is 251 g/mol. The van der Waals surface area contributed by atoms with Crippen LogP contribution in [0.4, 0.5) is 5.69 Å². The maximum Gasteiger partial charge on any atom is 0.337 e. The first-order valence-corrected chi connectivity index (χ1v) is 6.11. The van der Waals surface area contributed by atoms with Crippen molar-refractivity contribution in [2.24, 2.45) is 5.92 Å². The van der Waals surface area contributed by atoms with Gasteiger partial charge in [0.15, 0.2) is 0 Å². The maximum atomic E-state index is 11.1. The van der Waals surface area contributed by atoms with Crippen molar-refractivity contribution < 1.29 is 14.6 Å². The third-order valence-corrected chi connectivity index (χ3v) is 2.73. The van der Waals surface area contributed by atoms with Gasteiger partial charge in [0.2, 0.25) is 0 Å². The molecule has 0 amide bonds. The third-order valence-electron chi connectivity index (χ3n) is 2.73. The molecule has 0 fully saturated rings. The van der Waals surface area contributed by atoms with Crippen LogP contribution in [-0.2, 0) is 0 Å². The molecule has 0 saturated heterocycles. The second kappa shape index (κ2) is 5.76. The molecule has 0 aliphatic carbocycles. The fraction of sp³-hybridized carbons (Fsp3) is 0.500. The molecule has 1 aromatic carbocycles. The Labute approximate surface area is 108 Å². The predicted molar refractivity (Wildman–Crippen MR) is 72.1 cm³/mol. The molecular formula is C14H21NO3. The predicted octanol–water partition coefficient (Wildman–Crippen LogP) is 3.09. The summed E-state index contributed by atoms with van der Waals surface area (Å²) in [6.45, 7) is 8.00. The zero-order chi connectivity index (χ0) is 13.9. The van der Waals surface area contributed by atoms with Crippen LogP contribution < -0.4 is 10.5 Å². The minimum atomic E-state index is -1.03. The number of aromatic carboxylic acids is 1. The number of carboxylic acid groups (broad SMARTS) is 1. The Bertz CT molecular complexity index is 441. The van der Waals surface area contributed by atoms with Gasteiger partial charge in [0, 0.05) is 5.69 Å². The van der Waals surface area contributed by atoms with E-state index in [2.05, 4.69) is 13.8 Å². The van der Waals surface area contributed by atoms with E-state index < -0.39 is 5.97 Å². The first kappa shape index (κ1) is 14.4. The number of hydrogen-bond acceptors (Lipinski definition) is 3. The van der Waals surface area contributed by atoms with Crippen molar-refractivity contribution in [3.8, 4) is 5.75 Å². The topological polar surface area (TPSA) is 72.5 Å². The lowest BCUT2D eigenvalue weighted by Gasteiger charge is -2.18. The Balaban J connectivity index is 2.94. The Kier molecular flexibility index (Phi) is 4.59. The lowest BCUT2D eigenvalue weighted by atomic mass is 10.1. The van der Waals surface area contributed by atoms with Crippen molar-refractivity contribution in [2.75, 3.05) is 5.73 Å². The summed E-state index contributed by atoms with van der Waals surface area (Å²) in [5, 5.41) is 9.06. The lowest BCUT2D eigenvalue weighted by molar-refractivity contribution is 0.0697. The molecule has 0 radical (unpaired) electrons. The zero-order valence-electron chi connectivity index (χ0n) is 11.4. The highest BCUT2D eigenvalue weighted by Crippen LogP contribution is 2.26. The number of ether oxygens (including phenoxy) is 1. The van der Waals surface area contributed by atoms with E-state index in [1.807, 2.05) is 6.92 Å². The van der Waals surface area contributed by atoms with Gasteiger partial charge in [-0.15, -0.1) is 0 Å². The molecule has 4 heteroatoms. The normalized spacial score (nSPS) is 12.5. The quantitative estimate of drug-likeness (QED) is 0.789. The molecule has 0 aliphatic heterocycles. The molecule has 0 aliphatic rings. The van der Waals surface area contributed by atoms with E-state index >= 15 is 0 Å². The number of rotatable bonds is 5. The van der Waals surface area contributed by atoms with Crippen molar-refractivity contribution in [1.82, 2.24) is 0 Å². The number of nitrogen functional groups attached to an aromatic ring is 1. The second-order valence-corrected chi connectivity index (χ2v) is 5.06. The average Bonchev–Trinajstić information content (AvgIpc) is 2.21. The van der Waals surface area contributed by atoms with Crippen molar-refractivity contribution in [1.29, 1.82) is 0 Å². The van der Waals surface area contributed by atoms with Crippen molar-refractivity contribution in [3.63, 3.8) is 0 Å². The molecule has 0 spiro atoms. The van der Waals surface area contributed by atoms with Gasteiger partial charge in [-0.25, -0.2) is 4.79 Å². The van der Waals surface area contributed by atoms with Gasteiger partial charge in [0.1, 0.15) is 5.75 Å². The fourth-order valence-corrected chi connectivity index (χ4v) is 1.95. The minimum absolute atomic E-state index is 0.0506. The van der Waals surface area contributed by atoms with Crippen LogP contribution in [0, 0.1) is 12.8 Å². The van der Waals surface area contributed by atoms with Crippen molar-refractivity contribution >= 4 is 11.7 Å². The zero-order valence-corrected chi connectivity index (χ0v) is 11.4. The first-order chi connectivity index (χ1) is 8.31. The summed E-state index contributed by atoms with van der Waals surface area (Å²) in [6.07, 6.45) is 0.973. The van der Waals surface area contributed by atoms with E-state index in [1.165, 1.54) is 6.07 Å². The highest BCUT2D eigenvalue weighted by atomic mass is 16.5. The Morgan fingerprint density at radius 1 is 1.39 bits per heavy atom. The summed E-state index contributed by atoms with van der Waals surface area (Å²) in [4.78, 5) is 11.1. The van der Waals surface area contributed by atoms with Gasteiger partial charge in [-0.3, -0.25) is 0 Å². The molecule has 100 valence electrons. The van der Waals surface area contributed by atoms with E-state index in [0.717, 1.165) is 12.0 Å². The van der Waals surface area contributed by atoms with E-state index in [9.17, 15) is 4.79 Å². The first-order valence-electron chi connectivity index (χ1n) is 6.11. The SMILES string of the molecule is Cc1cc(OC(C)CC(C)C)cc(C(=O)O)c1N. The highest BCUT2D eigenvalue weighted by molar-refractivity contribution is 5.95. The van der Waals surface area contributed by atoms with Gasteiger partial charge >= 0.3 is 5.97 Å². The van der Waals surface area contributed by atoms with E-state index in [1.54, 1.807) is 13.0 Å². The van der Waals surface area contributed by atoms with Gasteiger partial charge in [0.25, 0.3) is 0 Å². The van der Waals surface area contributed by atoms with E-state index in [-0.39, 0.29) is 11.7 Å². The summed E-state index contributed by atoms with van der Waals surface area (Å²) in [5.41, 5.74) is 6.85. The molecule has 4 nitrogen and oxygen atoms in total. The van der Waals surface area contributed by atoms with Gasteiger partial charge in [-0.05, 0) is 43.9 Å². The molecule has 0 heterocycles. The van der Waals surface area contributed by atoms with Gasteiger partial charge in [0.05, 0.1) is 11.7 Å². The second-order valence-electron chi connectivity index (χ2n) is 5.06. The lowest BCUT2D eigenvalue weighted by Crippen LogP contribution is -2.15. The van der Waals surface area contributed by atoms with Gasteiger partial charge in [-0.1, -0.05) is 13.8 Å². The molecule has 0 aromatic heterocycles. The molecule has 1 aromatic rings. The molecule has 0 saturated carbocycles. The summed E-state index contributed by atoms with van der Waals surface area (Å²) in [6, 6.07) is 3.26. The Morgan fingerprint density at radius 3 is 2.50 bits per heavy atom. The molecule has 0 bridgehead atoms. The number of hydrogen-bond donors (Lipinski definition) is 2. The van der Waals surface area contributed by atoms with Gasteiger partial charge in [-0.2, -0.15) is 0 Å². The summed E-state index contributed by atoms with van der Waals surface area (Å²) in [7, 11) is 0. The number of anilines is 1. The molecule has 1 rings (SSSR count). The minimum Gasteiger partial charge on any atom is -0.491 e. The van der Waals surface area contributed by atoms with Crippen LogP contribution >= 0.6 is 0 Å². The van der Waals surface area contributed by atoms with Crippen LogP contribution in [0.5, 0.6) is 5.75 Å². The largest absolute Gasteiger partial charge is 0.491 e. The molecule has 18 heavy (non-hydrogen) atoms. The number of aryl methyl sites for hydroxylation is 1. The van der Waals surface area contributed by atoms with Crippen LogP contribution in [0.25, 0.3) is 0 Å². The maximum absolute atomic E-state index is 11.1. The fourth-order valence-electron chi connectivity index (χ4n) is 1.95. The number of carbonyl (C=O) groups is 1. The standard InChI is InChI=1S/C14H21NO3/c1-8(2)5-10(4)18-11-6-9(3)13(15)12(7-11)14(16)17/h6-8,10H,5,15H2,1-4H3,(H,16,17). The van der Waals surface area contributed by atoms with Gasteiger partial charge < -0.3 is 15.6 Å². The highest BCUT2D eigenvalue weighted by Gasteiger charge is 2.14. The smallest absolute Gasteiger partial charge is 0.337 e. The van der Waals surface area contributed by atoms with Crippen molar-refractivity contribution in [3.05, 3.63) is 23.3 Å². The number of nitrogens with two attached hydrogens (primary N) is 1. The Morgan fingerprint density at radius 2 is 2.00 bits per heavy atom. The van der Waals surface area contributed by atoms with Crippen LogP contribution in [-0.4, -0.2) is 17.2 Å². The Hall–Kier alpha value is -1.71. The molecule has 3 N–H and O–H groups in total. The number of carboxylic acids is 1. The van der Waals surface area contributed by atoms with Crippen LogP contribution in [0.3, 0.4) is 0 Å². The van der Waals surface area contributed by atoms with E-state index in [0.29, 0.717) is 17.4 Å². The molecule has 1 unspecified atom stereocenters. The molecule has 1 atom stereocenters. The third kappa shape index (κ3) is 3.65. The summed E-state index contributed by atoms with van der Waals surface area (Å²) in [5.74, 6) is 0.0682. The van der Waals surface area contributed by atoms with Crippen LogP contribution in [0.15, 0.2) is 12.1 Å². The summed E-state index contributed by atoms with van der Waals surface area (Å²) < 4.78 is 5.73. The molecular weight excluding hydrogens is 230 g/mol. The summed E-state index contributed by atoms with van der Waals surface area (Å²) >= 11 is 0. The number of benzene rings is 1. The van der Waals surface area contributed by atoms with Crippen molar-refractivity contribution in [2.45, 2.75) is 40.2 Å². The van der Waals surface area contributed by atoms with Crippen LogP contribution in [0.1, 0.15) is 43.1 Å². The van der Waals surface area contributed by atoms with E-state index in [4.69, 9.17) is 15.6 Å². The average molecular weight is 251 g/mol.